The van der Waals surface area contributed by atoms with Gasteiger partial charge in [0.05, 0.1) is 32.0 Å². The third-order valence-corrected chi connectivity index (χ3v) is 8.90. The molecular weight excluding hydrogens is 536 g/mol. The van der Waals surface area contributed by atoms with E-state index in [0.717, 1.165) is 29.7 Å². The molecule has 42 heavy (non-hydrogen) atoms. The Labute approximate surface area is 244 Å². The molecule has 2 saturated heterocycles. The number of rotatable bonds is 6. The summed E-state index contributed by atoms with van der Waals surface area (Å²) in [6.07, 6.45) is 4.91. The van der Waals surface area contributed by atoms with Gasteiger partial charge in [-0.3, -0.25) is 9.51 Å². The molecule has 1 aliphatic carbocycles. The van der Waals surface area contributed by atoms with Gasteiger partial charge < -0.3 is 23.8 Å². The molecule has 3 fully saturated rings. The second-order valence-corrected chi connectivity index (χ2v) is 12.0. The van der Waals surface area contributed by atoms with Gasteiger partial charge in [0.25, 0.3) is 0 Å². The van der Waals surface area contributed by atoms with Crippen molar-refractivity contribution in [2.45, 2.75) is 58.2 Å². The summed E-state index contributed by atoms with van der Waals surface area (Å²) < 4.78 is 19.0. The van der Waals surface area contributed by atoms with Crippen LogP contribution in [-0.4, -0.2) is 75.2 Å². The Morgan fingerprint density at radius 1 is 1.00 bits per heavy atom. The molecule has 0 spiro atoms. The lowest BCUT2D eigenvalue weighted by Crippen LogP contribution is -2.42. The minimum Gasteiger partial charge on any atom is -0.377 e. The van der Waals surface area contributed by atoms with Crippen LogP contribution in [0.2, 0.25) is 0 Å². The summed E-state index contributed by atoms with van der Waals surface area (Å²) in [6, 6.07) is 10.5. The Balaban J connectivity index is 1.41. The second kappa shape index (κ2) is 11.5. The van der Waals surface area contributed by atoms with Crippen molar-refractivity contribution in [1.29, 1.82) is 0 Å². The molecule has 0 radical (unpaired) electrons. The fraction of sp³-hybridized carbons (Fsp3) is 0.567. The van der Waals surface area contributed by atoms with Crippen LogP contribution in [0.25, 0.3) is 22.8 Å². The molecule has 2 unspecified atom stereocenters. The number of morpholine rings is 2. The first-order valence-corrected chi connectivity index (χ1v) is 15.1. The Hall–Kier alpha value is -3.77. The molecule has 1 N–H and O–H groups in total. The zero-order chi connectivity index (χ0) is 28.6. The molecule has 12 nitrogen and oxygen atoms in total. The number of hydrogen-bond acceptors (Lipinski definition) is 10. The van der Waals surface area contributed by atoms with Crippen LogP contribution in [-0.2, 0) is 16.0 Å². The standard InChI is InChI=1S/C30H38N8O4/c1-19-8-10-21(11-9-19)17-38-24-25(33-29(38)37-13-14-40-18-23(37)22-6-4-3-5-7-22)31-26(27-34-30(39)42-35-27)32-28(24)36-12-15-41-20(2)16-36/h3-7,19-21,23H,8-18H2,1-2H3,(H,34,35,39)/t19-,20?,21-,23?. The van der Waals surface area contributed by atoms with Gasteiger partial charge in [-0.25, -0.2) is 14.8 Å². The smallest absolute Gasteiger partial charge is 0.377 e. The number of aromatic nitrogens is 6. The van der Waals surface area contributed by atoms with E-state index in [1.807, 2.05) is 6.07 Å². The van der Waals surface area contributed by atoms with E-state index in [2.05, 4.69) is 62.6 Å². The predicted octanol–water partition coefficient (Wildman–Crippen LogP) is 3.80. The van der Waals surface area contributed by atoms with Crippen molar-refractivity contribution in [3.8, 4) is 11.6 Å². The van der Waals surface area contributed by atoms with Crippen LogP contribution in [0, 0.1) is 11.8 Å². The first-order chi connectivity index (χ1) is 20.5. The molecule has 12 heteroatoms. The predicted molar refractivity (Wildman–Crippen MR) is 158 cm³/mol. The number of hydrogen-bond donors (Lipinski definition) is 1. The van der Waals surface area contributed by atoms with E-state index in [4.69, 9.17) is 28.9 Å². The minimum absolute atomic E-state index is 0.0214. The van der Waals surface area contributed by atoms with Crippen molar-refractivity contribution < 1.29 is 14.0 Å². The van der Waals surface area contributed by atoms with E-state index in [-0.39, 0.29) is 23.8 Å². The number of anilines is 2. The number of aromatic amines is 1. The largest absolute Gasteiger partial charge is 0.439 e. The van der Waals surface area contributed by atoms with Gasteiger partial charge in [0, 0.05) is 26.2 Å². The zero-order valence-corrected chi connectivity index (χ0v) is 24.2. The molecule has 7 rings (SSSR count). The van der Waals surface area contributed by atoms with Crippen LogP contribution < -0.4 is 15.6 Å². The lowest BCUT2D eigenvalue weighted by molar-refractivity contribution is 0.0530. The van der Waals surface area contributed by atoms with Crippen LogP contribution in [0.5, 0.6) is 0 Å². The SMILES string of the molecule is CC1CN(c2nc(-c3noc(=O)[nH]3)nc3nc(N4CCOCC4c4ccccc4)n(C[C@H]4CC[C@H](C)CC4)c23)CCO1. The molecule has 4 aromatic rings. The Morgan fingerprint density at radius 3 is 2.60 bits per heavy atom. The van der Waals surface area contributed by atoms with Crippen molar-refractivity contribution in [2.75, 3.05) is 49.3 Å². The number of imidazole rings is 1. The minimum atomic E-state index is -0.646. The molecule has 2 aliphatic heterocycles. The maximum absolute atomic E-state index is 11.8. The van der Waals surface area contributed by atoms with Crippen molar-refractivity contribution in [1.82, 2.24) is 29.7 Å². The van der Waals surface area contributed by atoms with Crippen molar-refractivity contribution in [3.05, 3.63) is 46.4 Å². The lowest BCUT2D eigenvalue weighted by Gasteiger charge is -2.38. The van der Waals surface area contributed by atoms with Gasteiger partial charge in [-0.15, -0.1) is 0 Å². The van der Waals surface area contributed by atoms with E-state index in [1.165, 1.54) is 31.2 Å². The van der Waals surface area contributed by atoms with Gasteiger partial charge in [-0.1, -0.05) is 55.3 Å². The summed E-state index contributed by atoms with van der Waals surface area (Å²) in [6.45, 7) is 9.17. The topological polar surface area (TPSA) is 127 Å². The van der Waals surface area contributed by atoms with E-state index in [9.17, 15) is 4.79 Å². The summed E-state index contributed by atoms with van der Waals surface area (Å²) in [5.74, 6) is 2.79. The fourth-order valence-electron chi connectivity index (χ4n) is 6.63. The van der Waals surface area contributed by atoms with E-state index in [0.29, 0.717) is 51.0 Å². The number of ether oxygens (including phenoxy) is 2. The van der Waals surface area contributed by atoms with Gasteiger partial charge >= 0.3 is 5.76 Å². The first kappa shape index (κ1) is 27.1. The number of benzene rings is 1. The monoisotopic (exact) mass is 574 g/mol. The zero-order valence-electron chi connectivity index (χ0n) is 24.2. The Morgan fingerprint density at radius 2 is 1.83 bits per heavy atom. The molecule has 0 amide bonds. The molecule has 3 aromatic heterocycles. The summed E-state index contributed by atoms with van der Waals surface area (Å²) >= 11 is 0. The van der Waals surface area contributed by atoms with Crippen LogP contribution in [0.15, 0.2) is 39.6 Å². The highest BCUT2D eigenvalue weighted by molar-refractivity contribution is 5.88. The van der Waals surface area contributed by atoms with Crippen LogP contribution in [0.4, 0.5) is 11.8 Å². The molecule has 2 atom stereocenters. The summed E-state index contributed by atoms with van der Waals surface area (Å²) in [5, 5.41) is 3.89. The molecule has 1 aromatic carbocycles. The van der Waals surface area contributed by atoms with Gasteiger partial charge in [0.1, 0.15) is 5.52 Å². The van der Waals surface area contributed by atoms with Gasteiger partial charge in [-0.05, 0) is 37.2 Å². The van der Waals surface area contributed by atoms with Crippen molar-refractivity contribution >= 4 is 22.9 Å². The second-order valence-electron chi connectivity index (χ2n) is 12.0. The van der Waals surface area contributed by atoms with Gasteiger partial charge in [0.2, 0.25) is 17.6 Å². The summed E-state index contributed by atoms with van der Waals surface area (Å²) in [7, 11) is 0. The van der Waals surface area contributed by atoms with E-state index in [1.54, 1.807) is 0 Å². The van der Waals surface area contributed by atoms with Crippen LogP contribution in [0.3, 0.4) is 0 Å². The molecule has 0 bridgehead atoms. The number of H-pyrrole nitrogens is 1. The lowest BCUT2D eigenvalue weighted by atomic mass is 9.83. The van der Waals surface area contributed by atoms with E-state index < -0.39 is 5.76 Å². The summed E-state index contributed by atoms with van der Waals surface area (Å²) in [5.41, 5.74) is 2.68. The molecular formula is C30H38N8O4. The van der Waals surface area contributed by atoms with Crippen molar-refractivity contribution in [3.63, 3.8) is 0 Å². The third kappa shape index (κ3) is 5.29. The number of nitrogens with one attached hydrogen (secondary N) is 1. The average Bonchev–Trinajstić information content (AvgIpc) is 3.62. The highest BCUT2D eigenvalue weighted by Gasteiger charge is 2.33. The number of nitrogens with zero attached hydrogens (tertiary/aromatic N) is 7. The highest BCUT2D eigenvalue weighted by atomic mass is 16.5. The average molecular weight is 575 g/mol. The Bertz CT molecular complexity index is 1580. The molecule has 222 valence electrons. The van der Waals surface area contributed by atoms with E-state index >= 15 is 0 Å². The van der Waals surface area contributed by atoms with Gasteiger partial charge in [-0.2, -0.15) is 4.98 Å². The highest BCUT2D eigenvalue weighted by Crippen LogP contribution is 2.38. The maximum atomic E-state index is 11.8. The summed E-state index contributed by atoms with van der Waals surface area (Å²) in [4.78, 5) is 34.2. The molecule has 5 heterocycles. The Kier molecular flexibility index (Phi) is 7.41. The molecule has 3 aliphatic rings. The van der Waals surface area contributed by atoms with Crippen molar-refractivity contribution in [2.24, 2.45) is 11.8 Å². The third-order valence-electron chi connectivity index (χ3n) is 8.90. The molecule has 1 saturated carbocycles. The quantitative estimate of drug-likeness (QED) is 0.363. The van der Waals surface area contributed by atoms with Crippen LogP contribution in [0.1, 0.15) is 51.1 Å². The van der Waals surface area contributed by atoms with Crippen LogP contribution >= 0.6 is 0 Å². The van der Waals surface area contributed by atoms with Gasteiger partial charge in [0.15, 0.2) is 11.5 Å². The first-order valence-electron chi connectivity index (χ1n) is 15.1. The normalized spacial score (nSPS) is 25.3. The maximum Gasteiger partial charge on any atom is 0.439 e. The fourth-order valence-corrected chi connectivity index (χ4v) is 6.63. The number of fused-ring (bicyclic) bond motifs is 1.